The Morgan fingerprint density at radius 2 is 1.64 bits per heavy atom. The molecule has 2 nitrogen and oxygen atoms in total. The summed E-state index contributed by atoms with van der Waals surface area (Å²) in [6.45, 7) is 5.83. The van der Waals surface area contributed by atoms with Crippen molar-refractivity contribution in [2.24, 2.45) is 17.8 Å². The fourth-order valence-corrected chi connectivity index (χ4v) is 0.970. The Morgan fingerprint density at radius 3 is 1.91 bits per heavy atom. The highest BCUT2D eigenvalue weighted by atomic mass is 16.1. The van der Waals surface area contributed by atoms with Crippen LogP contribution in [0.4, 0.5) is 0 Å². The molecule has 0 aromatic heterocycles. The Bertz CT molecular complexity index is 130. The highest BCUT2D eigenvalue weighted by Gasteiger charge is 2.14. The summed E-state index contributed by atoms with van der Waals surface area (Å²) >= 11 is 0. The number of carbonyl (C=O) groups is 2. The molecule has 64 valence electrons. The second-order valence-corrected chi connectivity index (χ2v) is 3.39. The summed E-state index contributed by atoms with van der Waals surface area (Å²) in [5.41, 5.74) is 0. The zero-order chi connectivity index (χ0) is 8.85. The number of aldehydes is 2. The molecule has 0 saturated carbocycles. The second-order valence-electron chi connectivity index (χ2n) is 3.39. The molecule has 0 radical (unpaired) electrons. The standard InChI is InChI=1S/C9H16O2/c1-7(2)9(6-11)4-8(3)5-10/h5-9H,4H2,1-3H3. The van der Waals surface area contributed by atoms with E-state index in [9.17, 15) is 9.59 Å². The van der Waals surface area contributed by atoms with Gasteiger partial charge in [-0.15, -0.1) is 0 Å². The summed E-state index contributed by atoms with van der Waals surface area (Å²) < 4.78 is 0. The Balaban J connectivity index is 3.86. The molecule has 0 amide bonds. The van der Waals surface area contributed by atoms with E-state index < -0.39 is 0 Å². The van der Waals surface area contributed by atoms with E-state index in [2.05, 4.69) is 0 Å². The van der Waals surface area contributed by atoms with Gasteiger partial charge in [-0.2, -0.15) is 0 Å². The summed E-state index contributed by atoms with van der Waals surface area (Å²) in [7, 11) is 0. The summed E-state index contributed by atoms with van der Waals surface area (Å²) in [5.74, 6) is 0.387. The van der Waals surface area contributed by atoms with E-state index in [1.165, 1.54) is 0 Å². The van der Waals surface area contributed by atoms with E-state index in [1.54, 1.807) is 0 Å². The van der Waals surface area contributed by atoms with Crippen LogP contribution >= 0.6 is 0 Å². The average molecular weight is 156 g/mol. The first kappa shape index (κ1) is 10.3. The van der Waals surface area contributed by atoms with Crippen LogP contribution in [0.2, 0.25) is 0 Å². The minimum absolute atomic E-state index is 0.00704. The van der Waals surface area contributed by atoms with E-state index >= 15 is 0 Å². The number of hydrogen-bond donors (Lipinski definition) is 0. The van der Waals surface area contributed by atoms with Crippen LogP contribution in [0, 0.1) is 17.8 Å². The van der Waals surface area contributed by atoms with E-state index in [-0.39, 0.29) is 11.8 Å². The van der Waals surface area contributed by atoms with Gasteiger partial charge in [0.1, 0.15) is 12.6 Å². The first-order valence-electron chi connectivity index (χ1n) is 4.02. The normalized spacial score (nSPS) is 16.0. The lowest BCUT2D eigenvalue weighted by Crippen LogP contribution is -2.14. The molecule has 0 fully saturated rings. The van der Waals surface area contributed by atoms with Crippen LogP contribution in [-0.2, 0) is 9.59 Å². The van der Waals surface area contributed by atoms with Crippen molar-refractivity contribution in [2.45, 2.75) is 27.2 Å². The van der Waals surface area contributed by atoms with Crippen molar-refractivity contribution >= 4 is 12.6 Å². The van der Waals surface area contributed by atoms with Gasteiger partial charge in [0.25, 0.3) is 0 Å². The van der Waals surface area contributed by atoms with Crippen LogP contribution < -0.4 is 0 Å². The van der Waals surface area contributed by atoms with Gasteiger partial charge in [0.15, 0.2) is 0 Å². The lowest BCUT2D eigenvalue weighted by Gasteiger charge is -2.14. The predicted octanol–water partition coefficient (Wildman–Crippen LogP) is 1.68. The van der Waals surface area contributed by atoms with Gasteiger partial charge in [-0.25, -0.2) is 0 Å². The van der Waals surface area contributed by atoms with Gasteiger partial charge >= 0.3 is 0 Å². The first-order valence-corrected chi connectivity index (χ1v) is 4.02. The predicted molar refractivity (Wildman–Crippen MR) is 44.2 cm³/mol. The van der Waals surface area contributed by atoms with E-state index in [0.29, 0.717) is 12.3 Å². The lowest BCUT2D eigenvalue weighted by atomic mass is 9.89. The largest absolute Gasteiger partial charge is 0.303 e. The van der Waals surface area contributed by atoms with Crippen molar-refractivity contribution in [2.75, 3.05) is 0 Å². The smallest absolute Gasteiger partial charge is 0.123 e. The molecule has 0 aromatic rings. The van der Waals surface area contributed by atoms with Gasteiger partial charge in [0.2, 0.25) is 0 Å². The van der Waals surface area contributed by atoms with E-state index in [1.807, 2.05) is 20.8 Å². The molecule has 0 aliphatic rings. The van der Waals surface area contributed by atoms with Gasteiger partial charge in [-0.05, 0) is 12.3 Å². The maximum absolute atomic E-state index is 10.5. The monoisotopic (exact) mass is 156 g/mol. The molecule has 11 heavy (non-hydrogen) atoms. The van der Waals surface area contributed by atoms with Crippen LogP contribution in [0.1, 0.15) is 27.2 Å². The number of carbonyl (C=O) groups excluding carboxylic acids is 2. The maximum Gasteiger partial charge on any atom is 0.123 e. The highest BCUT2D eigenvalue weighted by molar-refractivity contribution is 5.57. The van der Waals surface area contributed by atoms with Gasteiger partial charge in [0, 0.05) is 11.8 Å². The van der Waals surface area contributed by atoms with Crippen molar-refractivity contribution in [1.82, 2.24) is 0 Å². The Morgan fingerprint density at radius 1 is 1.09 bits per heavy atom. The molecule has 0 aromatic carbocycles. The molecule has 0 bridgehead atoms. The van der Waals surface area contributed by atoms with Crippen molar-refractivity contribution in [3.8, 4) is 0 Å². The Kier molecular flexibility index (Phi) is 4.75. The van der Waals surface area contributed by atoms with Crippen LogP contribution in [0.25, 0.3) is 0 Å². The van der Waals surface area contributed by atoms with Gasteiger partial charge < -0.3 is 9.59 Å². The number of hydrogen-bond acceptors (Lipinski definition) is 2. The molecule has 2 unspecified atom stereocenters. The van der Waals surface area contributed by atoms with Crippen molar-refractivity contribution in [1.29, 1.82) is 0 Å². The lowest BCUT2D eigenvalue weighted by molar-refractivity contribution is -0.114. The second kappa shape index (κ2) is 5.05. The van der Waals surface area contributed by atoms with Crippen LogP contribution in [0.5, 0.6) is 0 Å². The molecule has 0 N–H and O–H groups in total. The fraction of sp³-hybridized carbons (Fsp3) is 0.778. The van der Waals surface area contributed by atoms with Crippen molar-refractivity contribution in [3.05, 3.63) is 0 Å². The van der Waals surface area contributed by atoms with Gasteiger partial charge in [-0.3, -0.25) is 0 Å². The van der Waals surface area contributed by atoms with Crippen LogP contribution in [0.15, 0.2) is 0 Å². The average Bonchev–Trinajstić information content (AvgIpc) is 1.99. The molecule has 0 aliphatic carbocycles. The third-order valence-electron chi connectivity index (χ3n) is 1.91. The minimum Gasteiger partial charge on any atom is -0.303 e. The zero-order valence-corrected chi connectivity index (χ0v) is 7.41. The Labute approximate surface area is 68.0 Å². The van der Waals surface area contributed by atoms with E-state index in [4.69, 9.17) is 0 Å². The van der Waals surface area contributed by atoms with Crippen LogP contribution in [-0.4, -0.2) is 12.6 Å². The summed E-state index contributed by atoms with van der Waals surface area (Å²) in [4.78, 5) is 20.7. The molecule has 0 saturated heterocycles. The molecular formula is C9H16O2. The third-order valence-corrected chi connectivity index (χ3v) is 1.91. The SMILES string of the molecule is CC(C=O)CC(C=O)C(C)C. The van der Waals surface area contributed by atoms with Gasteiger partial charge in [-0.1, -0.05) is 20.8 Å². The molecule has 0 heterocycles. The number of rotatable bonds is 5. The molecule has 0 spiro atoms. The van der Waals surface area contributed by atoms with Crippen molar-refractivity contribution < 1.29 is 9.59 Å². The third kappa shape index (κ3) is 3.91. The molecule has 2 heteroatoms. The maximum atomic E-state index is 10.5. The van der Waals surface area contributed by atoms with Gasteiger partial charge in [0.05, 0.1) is 0 Å². The topological polar surface area (TPSA) is 34.1 Å². The summed E-state index contributed by atoms with van der Waals surface area (Å²) in [6.07, 6.45) is 2.54. The summed E-state index contributed by atoms with van der Waals surface area (Å²) in [6, 6.07) is 0. The molecule has 0 aliphatic heterocycles. The zero-order valence-electron chi connectivity index (χ0n) is 7.41. The van der Waals surface area contributed by atoms with E-state index in [0.717, 1.165) is 12.6 Å². The molecular weight excluding hydrogens is 140 g/mol. The first-order chi connectivity index (χ1) is 5.11. The van der Waals surface area contributed by atoms with Crippen molar-refractivity contribution in [3.63, 3.8) is 0 Å². The quantitative estimate of drug-likeness (QED) is 0.567. The molecule has 2 atom stereocenters. The Hall–Kier alpha value is -0.660. The molecule has 0 rings (SSSR count). The minimum atomic E-state index is 0.00704. The summed E-state index contributed by atoms with van der Waals surface area (Å²) in [5, 5.41) is 0. The highest BCUT2D eigenvalue weighted by Crippen LogP contribution is 2.16. The fourth-order valence-electron chi connectivity index (χ4n) is 0.970. The van der Waals surface area contributed by atoms with Crippen LogP contribution in [0.3, 0.4) is 0 Å².